The molecule has 37 heavy (non-hydrogen) atoms. The number of fused-ring (bicyclic) bond motifs is 2. The molecule has 2 aromatic carbocycles. The zero-order valence-corrected chi connectivity index (χ0v) is 21.8. The van der Waals surface area contributed by atoms with E-state index in [1.807, 2.05) is 18.2 Å². The maximum absolute atomic E-state index is 14.7. The molecule has 0 spiro atoms. The normalized spacial score (nSPS) is 25.0. The van der Waals surface area contributed by atoms with Crippen molar-refractivity contribution in [2.45, 2.75) is 42.7 Å². The van der Waals surface area contributed by atoms with Crippen LogP contribution in [-0.4, -0.2) is 55.2 Å². The number of piperidine rings is 1. The number of imidazole rings is 1. The Bertz CT molecular complexity index is 1380. The molecule has 2 fully saturated rings. The van der Waals surface area contributed by atoms with Crippen LogP contribution in [-0.2, 0) is 29.9 Å². The largest absolute Gasteiger partial charge is 0.492 e. The lowest BCUT2D eigenvalue weighted by Gasteiger charge is -2.40. The molecule has 0 amide bonds. The Morgan fingerprint density at radius 1 is 1.16 bits per heavy atom. The number of hydrogen-bond acceptors (Lipinski definition) is 5. The third-order valence-electron chi connectivity index (χ3n) is 8.18. The minimum atomic E-state index is -3.68. The van der Waals surface area contributed by atoms with E-state index in [1.54, 1.807) is 23.7 Å². The highest BCUT2D eigenvalue weighted by molar-refractivity contribution is 7.89. The van der Waals surface area contributed by atoms with Crippen LogP contribution in [0.15, 0.2) is 60.0 Å². The van der Waals surface area contributed by atoms with Gasteiger partial charge in [-0.3, -0.25) is 4.90 Å². The molecule has 2 unspecified atom stereocenters. The van der Waals surface area contributed by atoms with Crippen LogP contribution >= 0.6 is 0 Å². The summed E-state index contributed by atoms with van der Waals surface area (Å²) in [5.74, 6) is 2.44. The van der Waals surface area contributed by atoms with Crippen molar-refractivity contribution in [2.75, 3.05) is 26.2 Å². The fourth-order valence-corrected chi connectivity index (χ4v) is 7.17. The molecular weight excluding hydrogens is 491 g/mol. The van der Waals surface area contributed by atoms with E-state index in [-0.39, 0.29) is 29.9 Å². The number of halogens is 1. The molecule has 2 heterocycles. The van der Waals surface area contributed by atoms with Gasteiger partial charge in [-0.25, -0.2) is 22.5 Å². The first-order valence-corrected chi connectivity index (χ1v) is 14.6. The first-order chi connectivity index (χ1) is 17.9. The van der Waals surface area contributed by atoms with Crippen molar-refractivity contribution in [1.29, 1.82) is 0 Å². The van der Waals surface area contributed by atoms with Gasteiger partial charge in [-0.1, -0.05) is 24.3 Å². The summed E-state index contributed by atoms with van der Waals surface area (Å²) >= 11 is 0. The van der Waals surface area contributed by atoms with Gasteiger partial charge in [0.1, 0.15) is 18.2 Å². The summed E-state index contributed by atoms with van der Waals surface area (Å²) in [5.41, 5.74) is 3.28. The van der Waals surface area contributed by atoms with Gasteiger partial charge in [0.2, 0.25) is 0 Å². The van der Waals surface area contributed by atoms with E-state index in [4.69, 9.17) is 4.74 Å². The van der Waals surface area contributed by atoms with Crippen LogP contribution in [0.4, 0.5) is 4.39 Å². The lowest BCUT2D eigenvalue weighted by atomic mass is 9.75. The topological polar surface area (TPSA) is 76.5 Å². The molecular formula is C28H33FN4O3S. The summed E-state index contributed by atoms with van der Waals surface area (Å²) in [6.45, 7) is 2.64. The molecule has 0 bridgehead atoms. The van der Waals surface area contributed by atoms with Crippen molar-refractivity contribution in [3.05, 3.63) is 77.5 Å². The molecule has 1 aliphatic heterocycles. The van der Waals surface area contributed by atoms with Crippen molar-refractivity contribution in [3.8, 4) is 5.75 Å². The quantitative estimate of drug-likeness (QED) is 0.434. The monoisotopic (exact) mass is 524 g/mol. The molecule has 2 aliphatic carbocycles. The molecule has 196 valence electrons. The van der Waals surface area contributed by atoms with Crippen molar-refractivity contribution >= 4 is 10.0 Å². The molecule has 7 nitrogen and oxygen atoms in total. The van der Waals surface area contributed by atoms with Gasteiger partial charge in [-0.15, -0.1) is 0 Å². The summed E-state index contributed by atoms with van der Waals surface area (Å²) in [5, 5.41) is -0.00893. The van der Waals surface area contributed by atoms with E-state index in [2.05, 4.69) is 26.7 Å². The standard InChI is InChI=1S/C28H33FN4O3S/c1-32-17-28(30-18-32)37(34,35)31-10-11-36-23-8-6-19-7-9-27(33-15-21-12-22(21)16-33)25(24(19)14-23)13-20-4-2-3-5-26(20)29/h2-6,8,14,17-18,21-22,25,27,31H,7,9-13,15-16H2,1H3/t21?,22?,25-,27+/m0/s1. The zero-order valence-electron chi connectivity index (χ0n) is 21.0. The minimum Gasteiger partial charge on any atom is -0.492 e. The molecule has 4 atom stereocenters. The van der Waals surface area contributed by atoms with E-state index in [0.29, 0.717) is 18.2 Å². The lowest BCUT2D eigenvalue weighted by Crippen LogP contribution is -2.42. The summed E-state index contributed by atoms with van der Waals surface area (Å²) in [6, 6.07) is 13.7. The number of nitrogens with one attached hydrogen (secondary N) is 1. The van der Waals surface area contributed by atoms with Crippen LogP contribution in [0, 0.1) is 17.7 Å². The Morgan fingerprint density at radius 3 is 2.73 bits per heavy atom. The van der Waals surface area contributed by atoms with Gasteiger partial charge in [-0.05, 0) is 72.4 Å². The first kappa shape index (κ1) is 24.6. The summed E-state index contributed by atoms with van der Waals surface area (Å²) in [6.07, 6.45) is 7.02. The lowest BCUT2D eigenvalue weighted by molar-refractivity contribution is 0.170. The van der Waals surface area contributed by atoms with Crippen molar-refractivity contribution in [2.24, 2.45) is 18.9 Å². The molecule has 3 aliphatic rings. The number of benzene rings is 2. The minimum absolute atomic E-state index is 0.00893. The van der Waals surface area contributed by atoms with E-state index in [1.165, 1.54) is 30.1 Å². The predicted octanol–water partition coefficient (Wildman–Crippen LogP) is 3.51. The fourth-order valence-electron chi connectivity index (χ4n) is 6.18. The van der Waals surface area contributed by atoms with Crippen molar-refractivity contribution < 1.29 is 17.5 Å². The Morgan fingerprint density at radius 2 is 1.97 bits per heavy atom. The number of likely N-dealkylation sites (tertiary alicyclic amines) is 1. The van der Waals surface area contributed by atoms with Gasteiger partial charge in [0.25, 0.3) is 10.0 Å². The molecule has 6 rings (SSSR count). The second-order valence-electron chi connectivity index (χ2n) is 10.7. The van der Waals surface area contributed by atoms with Gasteiger partial charge in [0.05, 0.1) is 6.33 Å². The van der Waals surface area contributed by atoms with Crippen LogP contribution in [0.2, 0.25) is 0 Å². The zero-order chi connectivity index (χ0) is 25.6. The number of aromatic nitrogens is 2. The van der Waals surface area contributed by atoms with Crippen LogP contribution in [0.1, 0.15) is 35.4 Å². The van der Waals surface area contributed by atoms with Crippen molar-refractivity contribution in [3.63, 3.8) is 0 Å². The molecule has 0 radical (unpaired) electrons. The number of aryl methyl sites for hydroxylation is 2. The summed E-state index contributed by atoms with van der Waals surface area (Å²) < 4.78 is 49.6. The molecule has 1 saturated heterocycles. The summed E-state index contributed by atoms with van der Waals surface area (Å²) in [7, 11) is -1.95. The van der Waals surface area contributed by atoms with Crippen LogP contribution < -0.4 is 9.46 Å². The van der Waals surface area contributed by atoms with Gasteiger partial charge >= 0.3 is 0 Å². The fraction of sp³-hybridized carbons (Fsp3) is 0.464. The third-order valence-corrected chi connectivity index (χ3v) is 9.53. The average Bonchev–Trinajstić information content (AvgIpc) is 3.25. The van der Waals surface area contributed by atoms with Gasteiger partial charge in [0.15, 0.2) is 5.03 Å². The average molecular weight is 525 g/mol. The Labute approximate surface area is 217 Å². The SMILES string of the molecule is Cn1cnc(S(=O)(=O)NCCOc2ccc3c(c2)[C@H](Cc2ccccc2F)[C@H](N2CC4CC4C2)CC3)c1. The highest BCUT2D eigenvalue weighted by Gasteiger charge is 2.48. The molecule has 3 aromatic rings. The number of sulfonamides is 1. The van der Waals surface area contributed by atoms with Crippen LogP contribution in [0.5, 0.6) is 5.75 Å². The second-order valence-corrected chi connectivity index (χ2v) is 12.4. The Hall–Kier alpha value is -2.75. The van der Waals surface area contributed by atoms with Crippen LogP contribution in [0.25, 0.3) is 0 Å². The smallest absolute Gasteiger partial charge is 0.259 e. The Kier molecular flexibility index (Phi) is 6.54. The highest BCUT2D eigenvalue weighted by atomic mass is 32.2. The van der Waals surface area contributed by atoms with Crippen molar-refractivity contribution in [1.82, 2.24) is 19.2 Å². The van der Waals surface area contributed by atoms with Gasteiger partial charge in [-0.2, -0.15) is 0 Å². The predicted molar refractivity (Wildman–Crippen MR) is 138 cm³/mol. The summed E-state index contributed by atoms with van der Waals surface area (Å²) in [4.78, 5) is 6.56. The van der Waals surface area contributed by atoms with E-state index in [0.717, 1.165) is 43.3 Å². The highest BCUT2D eigenvalue weighted by Crippen LogP contribution is 2.49. The molecule has 9 heteroatoms. The van der Waals surface area contributed by atoms with E-state index in [9.17, 15) is 12.8 Å². The first-order valence-electron chi connectivity index (χ1n) is 13.1. The number of rotatable bonds is 9. The van der Waals surface area contributed by atoms with Crippen LogP contribution in [0.3, 0.4) is 0 Å². The number of ether oxygens (including phenoxy) is 1. The van der Waals surface area contributed by atoms with Gasteiger partial charge < -0.3 is 9.30 Å². The third kappa shape index (κ3) is 5.17. The maximum atomic E-state index is 14.7. The number of hydrogen-bond donors (Lipinski definition) is 1. The second kappa shape index (κ2) is 9.85. The van der Waals surface area contributed by atoms with E-state index < -0.39 is 10.0 Å². The van der Waals surface area contributed by atoms with Gasteiger partial charge in [0, 0.05) is 44.8 Å². The molecule has 1 aromatic heterocycles. The Balaban J connectivity index is 1.18. The van der Waals surface area contributed by atoms with E-state index >= 15 is 0 Å². The molecule has 1 N–H and O–H groups in total. The number of nitrogens with zero attached hydrogens (tertiary/aromatic N) is 3. The molecule has 1 saturated carbocycles. The maximum Gasteiger partial charge on any atom is 0.259 e.